The maximum atomic E-state index is 5.92. The van der Waals surface area contributed by atoms with Crippen LogP contribution in [-0.2, 0) is 9.47 Å². The molecule has 0 bridgehead atoms. The summed E-state index contributed by atoms with van der Waals surface area (Å²) in [6.45, 7) is 3.79. The Morgan fingerprint density at radius 1 is 0.850 bits per heavy atom. The fourth-order valence-electron chi connectivity index (χ4n) is 2.88. The van der Waals surface area contributed by atoms with Gasteiger partial charge < -0.3 is 9.47 Å². The van der Waals surface area contributed by atoms with E-state index in [2.05, 4.69) is 12.8 Å². The summed E-state index contributed by atoms with van der Waals surface area (Å²) in [4.78, 5) is 0. The molecule has 0 atom stereocenters. The molecule has 0 spiro atoms. The number of hydrogen-bond donors (Lipinski definition) is 0. The molecule has 1 fully saturated rings. The van der Waals surface area contributed by atoms with Gasteiger partial charge in [0, 0.05) is 19.3 Å². The van der Waals surface area contributed by atoms with Gasteiger partial charge in [0.2, 0.25) is 0 Å². The van der Waals surface area contributed by atoms with Gasteiger partial charge in [-0.3, -0.25) is 0 Å². The summed E-state index contributed by atoms with van der Waals surface area (Å²) in [7, 11) is 0. The molecule has 1 aliphatic rings. The van der Waals surface area contributed by atoms with Crippen molar-refractivity contribution in [1.29, 1.82) is 0 Å². The van der Waals surface area contributed by atoms with Crippen LogP contribution in [0, 0.1) is 12.3 Å². The summed E-state index contributed by atoms with van der Waals surface area (Å²) in [5.74, 6) is 2.45. The van der Waals surface area contributed by atoms with Crippen molar-refractivity contribution in [1.82, 2.24) is 0 Å². The summed E-state index contributed by atoms with van der Waals surface area (Å²) in [6, 6.07) is 0. The quantitative estimate of drug-likeness (QED) is 0.367. The lowest BCUT2D eigenvalue weighted by Gasteiger charge is -2.27. The number of ether oxygens (including phenoxy) is 2. The largest absolute Gasteiger partial charge is 0.348 e. The molecular weight excluding hydrogens is 248 g/mol. The maximum absolute atomic E-state index is 5.92. The van der Waals surface area contributed by atoms with E-state index < -0.39 is 0 Å². The highest BCUT2D eigenvalue weighted by Crippen LogP contribution is 2.31. The van der Waals surface area contributed by atoms with Crippen molar-refractivity contribution in [2.24, 2.45) is 0 Å². The second kappa shape index (κ2) is 11.2. The van der Waals surface area contributed by atoms with E-state index in [0.717, 1.165) is 38.9 Å². The molecule has 0 amide bonds. The van der Waals surface area contributed by atoms with Gasteiger partial charge in [-0.2, -0.15) is 0 Å². The fraction of sp³-hybridized carbons (Fsp3) is 0.889. The number of terminal acetylenes is 1. The molecule has 2 heteroatoms. The van der Waals surface area contributed by atoms with Gasteiger partial charge in [0.25, 0.3) is 0 Å². The highest BCUT2D eigenvalue weighted by atomic mass is 16.7. The lowest BCUT2D eigenvalue weighted by atomic mass is 9.99. The average Bonchev–Trinajstić information content (AvgIpc) is 2.92. The van der Waals surface area contributed by atoms with Crippen LogP contribution < -0.4 is 0 Å². The number of unbranched alkanes of at least 4 members (excludes halogenated alkanes) is 8. The van der Waals surface area contributed by atoms with Gasteiger partial charge in [-0.05, 0) is 19.3 Å². The second-order valence-corrected chi connectivity index (χ2v) is 5.89. The molecule has 20 heavy (non-hydrogen) atoms. The molecule has 0 unspecified atom stereocenters. The Labute approximate surface area is 125 Å². The van der Waals surface area contributed by atoms with E-state index in [1.54, 1.807) is 0 Å². The first kappa shape index (κ1) is 17.5. The molecular formula is C18H32O2. The minimum absolute atomic E-state index is 0.252. The minimum Gasteiger partial charge on any atom is -0.348 e. The summed E-state index contributed by atoms with van der Waals surface area (Å²) >= 11 is 0. The topological polar surface area (TPSA) is 18.5 Å². The van der Waals surface area contributed by atoms with E-state index in [0.29, 0.717) is 0 Å². The van der Waals surface area contributed by atoms with Crippen LogP contribution >= 0.6 is 0 Å². The summed E-state index contributed by atoms with van der Waals surface area (Å²) in [6.07, 6.45) is 19.7. The lowest BCUT2D eigenvalue weighted by molar-refractivity contribution is -0.168. The van der Waals surface area contributed by atoms with E-state index in [9.17, 15) is 0 Å². The summed E-state index contributed by atoms with van der Waals surface area (Å²) in [5.41, 5.74) is 0. The van der Waals surface area contributed by atoms with E-state index in [1.165, 1.54) is 51.4 Å². The molecule has 0 aromatic rings. The van der Waals surface area contributed by atoms with E-state index >= 15 is 0 Å². The Bertz CT molecular complexity index is 261. The first-order valence-electron chi connectivity index (χ1n) is 8.54. The first-order valence-corrected chi connectivity index (χ1v) is 8.54. The van der Waals surface area contributed by atoms with Crippen molar-refractivity contribution in [3.63, 3.8) is 0 Å². The van der Waals surface area contributed by atoms with Crippen molar-refractivity contribution >= 4 is 0 Å². The normalized spacial score (nSPS) is 17.2. The highest BCUT2D eigenvalue weighted by molar-refractivity contribution is 4.82. The van der Waals surface area contributed by atoms with E-state index in [4.69, 9.17) is 15.9 Å². The first-order chi connectivity index (χ1) is 9.83. The van der Waals surface area contributed by atoms with Crippen molar-refractivity contribution in [3.05, 3.63) is 0 Å². The van der Waals surface area contributed by atoms with Crippen LogP contribution in [0.2, 0.25) is 0 Å². The van der Waals surface area contributed by atoms with Crippen LogP contribution in [0.1, 0.15) is 84.0 Å². The van der Waals surface area contributed by atoms with Gasteiger partial charge in [-0.25, -0.2) is 0 Å². The maximum Gasteiger partial charge on any atom is 0.168 e. The lowest BCUT2D eigenvalue weighted by Crippen LogP contribution is -2.30. The van der Waals surface area contributed by atoms with Crippen LogP contribution in [0.4, 0.5) is 0 Å². The van der Waals surface area contributed by atoms with Crippen LogP contribution in [0.5, 0.6) is 0 Å². The van der Waals surface area contributed by atoms with Gasteiger partial charge >= 0.3 is 0 Å². The molecule has 0 aliphatic carbocycles. The zero-order valence-electron chi connectivity index (χ0n) is 13.3. The molecule has 0 N–H and O–H groups in total. The van der Waals surface area contributed by atoms with Crippen molar-refractivity contribution in [2.75, 3.05) is 13.2 Å². The van der Waals surface area contributed by atoms with Crippen LogP contribution in [-0.4, -0.2) is 19.0 Å². The van der Waals surface area contributed by atoms with Crippen molar-refractivity contribution in [3.8, 4) is 12.3 Å². The Kier molecular flexibility index (Phi) is 9.79. The Balaban J connectivity index is 2.13. The number of rotatable bonds is 12. The van der Waals surface area contributed by atoms with E-state index in [1.807, 2.05) is 0 Å². The van der Waals surface area contributed by atoms with Gasteiger partial charge in [0.1, 0.15) is 0 Å². The standard InChI is InChI=1S/C18H32O2/c1-3-5-7-9-11-13-15-18(19-16-17-20-18)14-12-10-8-6-4-2/h1H,4-17H2,2H3. The highest BCUT2D eigenvalue weighted by Gasteiger charge is 2.34. The van der Waals surface area contributed by atoms with Gasteiger partial charge in [0.15, 0.2) is 5.79 Å². The van der Waals surface area contributed by atoms with Crippen LogP contribution in [0.3, 0.4) is 0 Å². The van der Waals surface area contributed by atoms with Gasteiger partial charge in [0.05, 0.1) is 13.2 Å². The molecule has 1 heterocycles. The molecule has 1 rings (SSSR count). The smallest absolute Gasteiger partial charge is 0.168 e. The third-order valence-corrected chi connectivity index (χ3v) is 4.10. The number of hydrogen-bond acceptors (Lipinski definition) is 2. The molecule has 0 radical (unpaired) electrons. The molecule has 1 aliphatic heterocycles. The third-order valence-electron chi connectivity index (χ3n) is 4.10. The molecule has 0 aromatic carbocycles. The Morgan fingerprint density at radius 3 is 1.95 bits per heavy atom. The second-order valence-electron chi connectivity index (χ2n) is 5.89. The molecule has 1 saturated heterocycles. The zero-order valence-corrected chi connectivity index (χ0v) is 13.3. The van der Waals surface area contributed by atoms with Crippen molar-refractivity contribution < 1.29 is 9.47 Å². The monoisotopic (exact) mass is 280 g/mol. The average molecular weight is 280 g/mol. The van der Waals surface area contributed by atoms with Crippen LogP contribution in [0.15, 0.2) is 0 Å². The third kappa shape index (κ3) is 7.31. The summed E-state index contributed by atoms with van der Waals surface area (Å²) < 4.78 is 11.8. The molecule has 2 nitrogen and oxygen atoms in total. The summed E-state index contributed by atoms with van der Waals surface area (Å²) in [5, 5.41) is 0. The Hall–Kier alpha value is -0.520. The zero-order chi connectivity index (χ0) is 14.5. The van der Waals surface area contributed by atoms with Crippen molar-refractivity contribution in [2.45, 2.75) is 89.8 Å². The van der Waals surface area contributed by atoms with Crippen LogP contribution in [0.25, 0.3) is 0 Å². The fourth-order valence-corrected chi connectivity index (χ4v) is 2.88. The van der Waals surface area contributed by atoms with Gasteiger partial charge in [-0.15, -0.1) is 12.3 Å². The SMILES string of the molecule is C#CCCCCCCC1(CCCCCCC)OCCO1. The Morgan fingerprint density at radius 2 is 1.40 bits per heavy atom. The van der Waals surface area contributed by atoms with E-state index in [-0.39, 0.29) is 5.79 Å². The predicted octanol–water partition coefficient (Wildman–Crippen LogP) is 5.06. The molecule has 0 saturated carbocycles. The van der Waals surface area contributed by atoms with Gasteiger partial charge in [-0.1, -0.05) is 45.4 Å². The molecule has 0 aromatic heterocycles. The predicted molar refractivity (Wildman–Crippen MR) is 84.5 cm³/mol. The minimum atomic E-state index is -0.252. The molecule has 116 valence electrons.